The summed E-state index contributed by atoms with van der Waals surface area (Å²) in [6.45, 7) is 7.24. The first-order valence-corrected chi connectivity index (χ1v) is 10.5. The van der Waals surface area contributed by atoms with Gasteiger partial charge in [-0.25, -0.2) is 19.0 Å². The molecule has 4 rings (SSSR count). The molecule has 0 saturated heterocycles. The Balaban J connectivity index is 1.68. The normalized spacial score (nSPS) is 11.9. The van der Waals surface area contributed by atoms with Crippen LogP contribution >= 0.6 is 11.6 Å². The third-order valence-corrected chi connectivity index (χ3v) is 5.75. The van der Waals surface area contributed by atoms with Crippen LogP contribution < -0.4 is 0 Å². The molecule has 0 unspecified atom stereocenters. The van der Waals surface area contributed by atoms with Gasteiger partial charge in [0, 0.05) is 36.4 Å². The number of hydrogen-bond acceptors (Lipinski definition) is 5. The van der Waals surface area contributed by atoms with Gasteiger partial charge in [0.15, 0.2) is 5.82 Å². The summed E-state index contributed by atoms with van der Waals surface area (Å²) in [5.74, 6) is 0.287. The fraction of sp³-hybridized carbons (Fsp3) is 0.304. The lowest BCUT2D eigenvalue weighted by Gasteiger charge is -2.18. The quantitative estimate of drug-likeness (QED) is 0.486. The summed E-state index contributed by atoms with van der Waals surface area (Å²) in [6, 6.07) is 7.97. The van der Waals surface area contributed by atoms with E-state index in [-0.39, 0.29) is 5.82 Å². The maximum Gasteiger partial charge on any atom is 0.157 e. The van der Waals surface area contributed by atoms with E-state index in [9.17, 15) is 9.50 Å². The maximum absolute atomic E-state index is 13.3. The number of hydrogen-bond donors (Lipinski definition) is 1. The molecule has 3 aromatic heterocycles. The summed E-state index contributed by atoms with van der Waals surface area (Å²) in [6.07, 6.45) is 1.86. The van der Waals surface area contributed by atoms with Gasteiger partial charge in [-0.2, -0.15) is 10.2 Å². The Morgan fingerprint density at radius 3 is 2.41 bits per heavy atom. The molecule has 7 nitrogen and oxygen atoms in total. The molecule has 0 fully saturated rings. The van der Waals surface area contributed by atoms with Crippen molar-refractivity contribution in [1.82, 2.24) is 29.5 Å². The molecule has 0 aliphatic heterocycles. The van der Waals surface area contributed by atoms with Gasteiger partial charge in [0.25, 0.3) is 0 Å². The molecule has 9 heteroatoms. The molecule has 0 aliphatic carbocycles. The maximum atomic E-state index is 13.3. The molecule has 4 aromatic rings. The van der Waals surface area contributed by atoms with Crippen molar-refractivity contribution in [2.75, 3.05) is 0 Å². The summed E-state index contributed by atoms with van der Waals surface area (Å²) in [5, 5.41) is 20.1. The standard InChI is InChI=1S/C23H24ClFN6O/c1-13-20(23(3,4)32)14(2)31(28-13)19-11-17(26-12-27-19)10-18-21(24)22(30(5)29-18)15-6-8-16(25)9-7-15/h6-9,11-12,32H,10H2,1-5H3. The molecular weight excluding hydrogens is 431 g/mol. The average molecular weight is 455 g/mol. The van der Waals surface area contributed by atoms with Crippen LogP contribution in [0.2, 0.25) is 5.02 Å². The second-order valence-corrected chi connectivity index (χ2v) is 8.68. The van der Waals surface area contributed by atoms with E-state index in [4.69, 9.17) is 11.6 Å². The van der Waals surface area contributed by atoms with Gasteiger partial charge in [-0.1, -0.05) is 11.6 Å². The largest absolute Gasteiger partial charge is 0.386 e. The van der Waals surface area contributed by atoms with Gasteiger partial charge in [-0.15, -0.1) is 0 Å². The topological polar surface area (TPSA) is 81.7 Å². The zero-order chi connectivity index (χ0) is 23.2. The molecule has 0 saturated carbocycles. The van der Waals surface area contributed by atoms with E-state index in [2.05, 4.69) is 20.2 Å². The summed E-state index contributed by atoms with van der Waals surface area (Å²) in [7, 11) is 1.80. The Labute approximate surface area is 190 Å². The number of aromatic nitrogens is 6. The van der Waals surface area contributed by atoms with Crippen molar-refractivity contribution in [1.29, 1.82) is 0 Å². The molecule has 1 N–H and O–H groups in total. The Morgan fingerprint density at radius 1 is 1.09 bits per heavy atom. The first-order valence-electron chi connectivity index (χ1n) is 10.1. The van der Waals surface area contributed by atoms with Crippen molar-refractivity contribution in [2.45, 2.75) is 39.7 Å². The SMILES string of the molecule is Cc1nn(-c2cc(Cc3nn(C)c(-c4ccc(F)cc4)c3Cl)ncn2)c(C)c1C(C)(C)O. The lowest BCUT2D eigenvalue weighted by molar-refractivity contribution is 0.0772. The molecule has 0 aliphatic rings. The molecule has 0 bridgehead atoms. The molecule has 166 valence electrons. The zero-order valence-electron chi connectivity index (χ0n) is 18.6. The predicted octanol–water partition coefficient (Wildman–Crippen LogP) is 4.29. The minimum atomic E-state index is -1.01. The molecule has 0 radical (unpaired) electrons. The number of aliphatic hydroxyl groups is 1. The summed E-state index contributed by atoms with van der Waals surface area (Å²) in [4.78, 5) is 8.74. The number of benzene rings is 1. The number of halogens is 2. The highest BCUT2D eigenvalue weighted by molar-refractivity contribution is 6.33. The summed E-state index contributed by atoms with van der Waals surface area (Å²) >= 11 is 6.64. The van der Waals surface area contributed by atoms with Gasteiger partial charge < -0.3 is 5.11 Å². The van der Waals surface area contributed by atoms with Crippen molar-refractivity contribution >= 4 is 11.6 Å². The smallest absolute Gasteiger partial charge is 0.157 e. The van der Waals surface area contributed by atoms with Crippen LogP contribution in [0.25, 0.3) is 17.1 Å². The zero-order valence-corrected chi connectivity index (χ0v) is 19.3. The molecule has 3 heterocycles. The number of aryl methyl sites for hydroxylation is 2. The van der Waals surface area contributed by atoms with Crippen molar-refractivity contribution in [3.05, 3.63) is 75.8 Å². The highest BCUT2D eigenvalue weighted by atomic mass is 35.5. The van der Waals surface area contributed by atoms with E-state index in [1.54, 1.807) is 42.4 Å². The molecule has 32 heavy (non-hydrogen) atoms. The highest BCUT2D eigenvalue weighted by Gasteiger charge is 2.26. The molecule has 0 amide bonds. The van der Waals surface area contributed by atoms with Crippen LogP contribution in [0.1, 0.15) is 42.2 Å². The van der Waals surface area contributed by atoms with Crippen LogP contribution in [-0.4, -0.2) is 34.6 Å². The Kier molecular flexibility index (Phi) is 5.60. The van der Waals surface area contributed by atoms with E-state index in [1.807, 2.05) is 19.9 Å². The van der Waals surface area contributed by atoms with E-state index in [1.165, 1.54) is 18.5 Å². The van der Waals surface area contributed by atoms with Crippen LogP contribution in [-0.2, 0) is 19.1 Å². The Bertz CT molecular complexity index is 1290. The van der Waals surface area contributed by atoms with Crippen molar-refractivity contribution in [3.63, 3.8) is 0 Å². The fourth-order valence-corrected chi connectivity index (χ4v) is 4.44. The van der Waals surface area contributed by atoms with Crippen LogP contribution in [0.5, 0.6) is 0 Å². The van der Waals surface area contributed by atoms with Gasteiger partial charge in [0.05, 0.1) is 33.4 Å². The van der Waals surface area contributed by atoms with E-state index in [0.29, 0.717) is 28.6 Å². The molecule has 0 spiro atoms. The Morgan fingerprint density at radius 2 is 1.78 bits per heavy atom. The van der Waals surface area contributed by atoms with Crippen molar-refractivity contribution in [2.24, 2.45) is 7.05 Å². The minimum absolute atomic E-state index is 0.308. The Hall–Kier alpha value is -3.10. The van der Waals surface area contributed by atoms with Gasteiger partial charge in [0.1, 0.15) is 12.1 Å². The number of rotatable bonds is 5. The van der Waals surface area contributed by atoms with Gasteiger partial charge in [0.2, 0.25) is 0 Å². The first kappa shape index (κ1) is 22.1. The van der Waals surface area contributed by atoms with Gasteiger partial charge in [-0.3, -0.25) is 4.68 Å². The summed E-state index contributed by atoms with van der Waals surface area (Å²) < 4.78 is 16.7. The van der Waals surface area contributed by atoms with Crippen molar-refractivity contribution < 1.29 is 9.50 Å². The van der Waals surface area contributed by atoms with Crippen LogP contribution in [0, 0.1) is 19.7 Å². The molecule has 0 atom stereocenters. The van der Waals surface area contributed by atoms with Crippen LogP contribution in [0.3, 0.4) is 0 Å². The lowest BCUT2D eigenvalue weighted by Crippen LogP contribution is -2.18. The predicted molar refractivity (Wildman–Crippen MR) is 120 cm³/mol. The van der Waals surface area contributed by atoms with Crippen LogP contribution in [0.15, 0.2) is 36.7 Å². The third kappa shape index (κ3) is 4.03. The third-order valence-electron chi connectivity index (χ3n) is 5.35. The number of nitrogens with zero attached hydrogens (tertiary/aromatic N) is 6. The van der Waals surface area contributed by atoms with Gasteiger partial charge >= 0.3 is 0 Å². The second-order valence-electron chi connectivity index (χ2n) is 8.30. The van der Waals surface area contributed by atoms with E-state index < -0.39 is 5.60 Å². The average Bonchev–Trinajstić information content (AvgIpc) is 3.17. The lowest BCUT2D eigenvalue weighted by atomic mass is 9.96. The van der Waals surface area contributed by atoms with E-state index in [0.717, 1.165) is 28.2 Å². The van der Waals surface area contributed by atoms with Crippen molar-refractivity contribution in [3.8, 4) is 17.1 Å². The van der Waals surface area contributed by atoms with Crippen LogP contribution in [0.4, 0.5) is 4.39 Å². The molecular formula is C23H24ClFN6O. The summed E-state index contributed by atoms with van der Waals surface area (Å²) in [5.41, 5.74) is 4.18. The second kappa shape index (κ2) is 8.11. The fourth-order valence-electron chi connectivity index (χ4n) is 4.11. The molecule has 1 aromatic carbocycles. The van der Waals surface area contributed by atoms with E-state index >= 15 is 0 Å². The van der Waals surface area contributed by atoms with Gasteiger partial charge in [-0.05, 0) is 52.0 Å². The minimum Gasteiger partial charge on any atom is -0.386 e. The first-order chi connectivity index (χ1) is 15.1. The highest BCUT2D eigenvalue weighted by Crippen LogP contribution is 2.32. The monoisotopic (exact) mass is 454 g/mol.